The fourth-order valence-electron chi connectivity index (χ4n) is 5.52. The molecule has 110 valence electrons. The van der Waals surface area contributed by atoms with E-state index in [1.54, 1.807) is 0 Å². The number of rotatable bonds is 4. The Morgan fingerprint density at radius 1 is 1.05 bits per heavy atom. The first kappa shape index (κ1) is 13.9. The molecular formula is C17H31NO. The summed E-state index contributed by atoms with van der Waals surface area (Å²) in [6, 6.07) is 1.25. The Kier molecular flexibility index (Phi) is 4.19. The molecule has 1 spiro atoms. The molecule has 19 heavy (non-hydrogen) atoms. The first-order chi connectivity index (χ1) is 9.31. The van der Waals surface area contributed by atoms with Crippen molar-refractivity contribution in [2.45, 2.75) is 95.2 Å². The number of piperidine rings is 1. The number of aliphatic hydroxyl groups is 1. The molecule has 0 aromatic heterocycles. The summed E-state index contributed by atoms with van der Waals surface area (Å²) >= 11 is 0. The van der Waals surface area contributed by atoms with E-state index in [0.29, 0.717) is 18.2 Å². The minimum absolute atomic E-state index is 0.386. The molecule has 2 heterocycles. The molecule has 3 fully saturated rings. The van der Waals surface area contributed by atoms with Crippen molar-refractivity contribution < 1.29 is 5.11 Å². The zero-order chi connectivity index (χ0) is 13.3. The van der Waals surface area contributed by atoms with Gasteiger partial charge in [0.2, 0.25) is 0 Å². The van der Waals surface area contributed by atoms with Gasteiger partial charge in [-0.2, -0.15) is 0 Å². The Morgan fingerprint density at radius 3 is 2.74 bits per heavy atom. The first-order valence-electron chi connectivity index (χ1n) is 8.71. The smallest absolute Gasteiger partial charge is 0.0587 e. The van der Waals surface area contributed by atoms with Gasteiger partial charge in [0.25, 0.3) is 0 Å². The molecule has 1 saturated carbocycles. The summed E-state index contributed by atoms with van der Waals surface area (Å²) in [5.41, 5.74) is 0.502. The normalized spacial score (nSPS) is 42.9. The molecule has 3 aliphatic rings. The summed E-state index contributed by atoms with van der Waals surface area (Å²) < 4.78 is 0. The number of hydrogen-bond acceptors (Lipinski definition) is 2. The minimum Gasteiger partial charge on any atom is -0.395 e. The third-order valence-corrected chi connectivity index (χ3v) is 6.33. The van der Waals surface area contributed by atoms with Gasteiger partial charge in [-0.25, -0.2) is 0 Å². The number of aliphatic hydroxyl groups excluding tert-OH is 1. The largest absolute Gasteiger partial charge is 0.395 e. The maximum absolute atomic E-state index is 9.79. The second-order valence-corrected chi connectivity index (χ2v) is 7.20. The van der Waals surface area contributed by atoms with Crippen LogP contribution in [0.25, 0.3) is 0 Å². The van der Waals surface area contributed by atoms with E-state index in [1.807, 2.05) is 0 Å². The Morgan fingerprint density at radius 2 is 1.95 bits per heavy atom. The Labute approximate surface area is 118 Å². The monoisotopic (exact) mass is 265 g/mol. The number of hydrogen-bond donors (Lipinski definition) is 1. The minimum atomic E-state index is 0.386. The highest BCUT2D eigenvalue weighted by atomic mass is 16.3. The predicted molar refractivity (Wildman–Crippen MR) is 79.2 cm³/mol. The summed E-state index contributed by atoms with van der Waals surface area (Å²) in [7, 11) is 0. The SMILES string of the molecule is CCCCC1CCC2CCCCC23CCC(CO)N13. The van der Waals surface area contributed by atoms with Crippen molar-refractivity contribution in [3.63, 3.8) is 0 Å². The van der Waals surface area contributed by atoms with Crippen LogP contribution >= 0.6 is 0 Å². The molecule has 0 bridgehead atoms. The highest BCUT2D eigenvalue weighted by Gasteiger charge is 2.55. The van der Waals surface area contributed by atoms with Crippen LogP contribution in [0.1, 0.15) is 77.6 Å². The van der Waals surface area contributed by atoms with E-state index in [-0.39, 0.29) is 0 Å². The molecular weight excluding hydrogens is 234 g/mol. The van der Waals surface area contributed by atoms with Crippen LogP contribution in [-0.2, 0) is 0 Å². The van der Waals surface area contributed by atoms with Crippen LogP contribution in [0.3, 0.4) is 0 Å². The molecule has 4 atom stereocenters. The topological polar surface area (TPSA) is 23.5 Å². The average molecular weight is 265 g/mol. The van der Waals surface area contributed by atoms with Crippen molar-refractivity contribution in [1.29, 1.82) is 0 Å². The van der Waals surface area contributed by atoms with Gasteiger partial charge < -0.3 is 5.11 Å². The van der Waals surface area contributed by atoms with Crippen molar-refractivity contribution >= 4 is 0 Å². The van der Waals surface area contributed by atoms with Crippen LogP contribution in [0.5, 0.6) is 0 Å². The molecule has 0 aromatic carbocycles. The summed E-state index contributed by atoms with van der Waals surface area (Å²) in [5.74, 6) is 0.940. The Balaban J connectivity index is 1.83. The third kappa shape index (κ3) is 2.25. The maximum atomic E-state index is 9.79. The summed E-state index contributed by atoms with van der Waals surface area (Å²) in [4.78, 5) is 2.84. The predicted octanol–water partition coefficient (Wildman–Crippen LogP) is 3.72. The molecule has 1 aliphatic carbocycles. The quantitative estimate of drug-likeness (QED) is 0.837. The zero-order valence-electron chi connectivity index (χ0n) is 12.6. The van der Waals surface area contributed by atoms with Gasteiger partial charge in [-0.3, -0.25) is 4.90 Å². The molecule has 0 aromatic rings. The molecule has 2 saturated heterocycles. The van der Waals surface area contributed by atoms with Crippen LogP contribution in [0, 0.1) is 5.92 Å². The van der Waals surface area contributed by atoms with Gasteiger partial charge in [-0.15, -0.1) is 0 Å². The number of unbranched alkanes of at least 4 members (excludes halogenated alkanes) is 1. The molecule has 2 aliphatic heterocycles. The number of nitrogens with zero attached hydrogens (tertiary/aromatic N) is 1. The fourth-order valence-corrected chi connectivity index (χ4v) is 5.52. The van der Waals surface area contributed by atoms with E-state index >= 15 is 0 Å². The molecule has 0 amide bonds. The van der Waals surface area contributed by atoms with Gasteiger partial charge in [0, 0.05) is 17.6 Å². The van der Waals surface area contributed by atoms with Gasteiger partial charge in [-0.1, -0.05) is 32.6 Å². The van der Waals surface area contributed by atoms with E-state index < -0.39 is 0 Å². The van der Waals surface area contributed by atoms with Gasteiger partial charge in [0.15, 0.2) is 0 Å². The lowest BCUT2D eigenvalue weighted by molar-refractivity contribution is -0.0702. The highest BCUT2D eigenvalue weighted by molar-refractivity contribution is 5.10. The zero-order valence-corrected chi connectivity index (χ0v) is 12.6. The van der Waals surface area contributed by atoms with E-state index in [9.17, 15) is 5.11 Å². The van der Waals surface area contributed by atoms with Crippen molar-refractivity contribution in [2.24, 2.45) is 5.92 Å². The average Bonchev–Trinajstić information content (AvgIpc) is 2.83. The summed E-state index contributed by atoms with van der Waals surface area (Å²) in [6.07, 6.45) is 15.2. The van der Waals surface area contributed by atoms with Crippen molar-refractivity contribution in [1.82, 2.24) is 4.90 Å². The lowest BCUT2D eigenvalue weighted by atomic mass is 9.66. The Bertz CT molecular complexity index is 306. The highest BCUT2D eigenvalue weighted by Crippen LogP contribution is 2.54. The fraction of sp³-hybridized carbons (Fsp3) is 1.00. The summed E-state index contributed by atoms with van der Waals surface area (Å²) in [5, 5.41) is 9.79. The lowest BCUT2D eigenvalue weighted by Gasteiger charge is -2.56. The van der Waals surface area contributed by atoms with E-state index in [2.05, 4.69) is 11.8 Å². The van der Waals surface area contributed by atoms with Gasteiger partial charge >= 0.3 is 0 Å². The molecule has 2 nitrogen and oxygen atoms in total. The molecule has 1 N–H and O–H groups in total. The lowest BCUT2D eigenvalue weighted by Crippen LogP contribution is -2.61. The standard InChI is InChI=1S/C17H31NO/c1-2-3-7-15-9-8-14-6-4-5-11-17(14)12-10-16(13-19)18(15)17/h14-16,19H,2-13H2,1H3. The molecule has 4 unspecified atom stereocenters. The van der Waals surface area contributed by atoms with Gasteiger partial charge in [0.05, 0.1) is 6.61 Å². The van der Waals surface area contributed by atoms with E-state index in [4.69, 9.17) is 0 Å². The molecule has 0 radical (unpaired) electrons. The Hall–Kier alpha value is -0.0800. The van der Waals surface area contributed by atoms with Crippen LogP contribution in [0.4, 0.5) is 0 Å². The van der Waals surface area contributed by atoms with Gasteiger partial charge in [-0.05, 0) is 50.9 Å². The van der Waals surface area contributed by atoms with E-state index in [1.165, 1.54) is 70.6 Å². The first-order valence-corrected chi connectivity index (χ1v) is 8.71. The second kappa shape index (κ2) is 5.73. The second-order valence-electron chi connectivity index (χ2n) is 7.20. The van der Waals surface area contributed by atoms with Crippen LogP contribution in [0.15, 0.2) is 0 Å². The van der Waals surface area contributed by atoms with Crippen molar-refractivity contribution in [2.75, 3.05) is 6.61 Å². The maximum Gasteiger partial charge on any atom is 0.0587 e. The summed E-state index contributed by atoms with van der Waals surface area (Å²) in [6.45, 7) is 2.69. The van der Waals surface area contributed by atoms with Crippen LogP contribution in [0.2, 0.25) is 0 Å². The van der Waals surface area contributed by atoms with Crippen LogP contribution < -0.4 is 0 Å². The molecule has 2 heteroatoms. The van der Waals surface area contributed by atoms with E-state index in [0.717, 1.165) is 12.0 Å². The van der Waals surface area contributed by atoms with Crippen LogP contribution in [-0.4, -0.2) is 34.2 Å². The third-order valence-electron chi connectivity index (χ3n) is 6.33. The van der Waals surface area contributed by atoms with Crippen molar-refractivity contribution in [3.8, 4) is 0 Å². The molecule has 3 rings (SSSR count). The van der Waals surface area contributed by atoms with Crippen molar-refractivity contribution in [3.05, 3.63) is 0 Å². The van der Waals surface area contributed by atoms with Gasteiger partial charge in [0.1, 0.15) is 0 Å².